The maximum atomic E-state index is 5.99. The summed E-state index contributed by atoms with van der Waals surface area (Å²) in [6.07, 6.45) is 2.90. The highest BCUT2D eigenvalue weighted by Gasteiger charge is 2.17. The molecule has 19 heavy (non-hydrogen) atoms. The van der Waals surface area contributed by atoms with E-state index in [0.717, 1.165) is 24.4 Å². The third-order valence-corrected chi connectivity index (χ3v) is 3.12. The smallest absolute Gasteiger partial charge is 0.150 e. The van der Waals surface area contributed by atoms with Gasteiger partial charge in [-0.25, -0.2) is 4.98 Å². The standard InChI is InChI=1S/C15H24N4/c1-11(2)10-18(4)15-13(9-12(3)16)19-8-6-5-7-14(19)17-15/h5-8,11-12H,9-10,16H2,1-4H3. The van der Waals surface area contributed by atoms with E-state index in [1.807, 2.05) is 25.1 Å². The second kappa shape index (κ2) is 5.61. The van der Waals surface area contributed by atoms with Crippen molar-refractivity contribution in [1.82, 2.24) is 9.38 Å². The normalized spacial score (nSPS) is 13.2. The van der Waals surface area contributed by atoms with Crippen LogP contribution in [0.15, 0.2) is 24.4 Å². The molecule has 1 atom stereocenters. The van der Waals surface area contributed by atoms with Crippen molar-refractivity contribution in [2.45, 2.75) is 33.2 Å². The van der Waals surface area contributed by atoms with E-state index in [4.69, 9.17) is 10.7 Å². The first kappa shape index (κ1) is 13.9. The molecule has 0 aliphatic rings. The lowest BCUT2D eigenvalue weighted by Gasteiger charge is -2.21. The van der Waals surface area contributed by atoms with Gasteiger partial charge in [0.25, 0.3) is 0 Å². The lowest BCUT2D eigenvalue weighted by atomic mass is 10.1. The highest BCUT2D eigenvalue weighted by molar-refractivity contribution is 5.55. The van der Waals surface area contributed by atoms with Crippen LogP contribution < -0.4 is 10.6 Å². The largest absolute Gasteiger partial charge is 0.358 e. The molecule has 2 aromatic heterocycles. The Bertz CT molecular complexity index is 542. The van der Waals surface area contributed by atoms with Gasteiger partial charge in [0.05, 0.1) is 5.69 Å². The molecule has 0 bridgehead atoms. The van der Waals surface area contributed by atoms with Crippen LogP contribution in [0.4, 0.5) is 5.82 Å². The third kappa shape index (κ3) is 3.07. The van der Waals surface area contributed by atoms with E-state index < -0.39 is 0 Å². The lowest BCUT2D eigenvalue weighted by molar-refractivity contribution is 0.631. The Hall–Kier alpha value is -1.55. The summed E-state index contributed by atoms with van der Waals surface area (Å²) in [4.78, 5) is 6.98. The van der Waals surface area contributed by atoms with E-state index in [1.165, 1.54) is 5.69 Å². The quantitative estimate of drug-likeness (QED) is 0.897. The van der Waals surface area contributed by atoms with Crippen molar-refractivity contribution < 1.29 is 0 Å². The highest BCUT2D eigenvalue weighted by atomic mass is 15.2. The number of fused-ring (bicyclic) bond motifs is 1. The van der Waals surface area contributed by atoms with Crippen LogP contribution in [-0.4, -0.2) is 29.0 Å². The molecular formula is C15H24N4. The molecule has 104 valence electrons. The zero-order valence-corrected chi connectivity index (χ0v) is 12.3. The van der Waals surface area contributed by atoms with Crippen LogP contribution >= 0.6 is 0 Å². The molecule has 0 radical (unpaired) electrons. The van der Waals surface area contributed by atoms with E-state index in [2.05, 4.69) is 36.4 Å². The van der Waals surface area contributed by atoms with Gasteiger partial charge in [0, 0.05) is 32.3 Å². The average molecular weight is 260 g/mol. The van der Waals surface area contributed by atoms with E-state index in [-0.39, 0.29) is 6.04 Å². The molecule has 0 saturated carbocycles. The number of nitrogens with zero attached hydrogens (tertiary/aromatic N) is 3. The van der Waals surface area contributed by atoms with Crippen LogP contribution in [0.5, 0.6) is 0 Å². The Labute approximate surface area is 115 Å². The van der Waals surface area contributed by atoms with Crippen molar-refractivity contribution in [3.63, 3.8) is 0 Å². The summed E-state index contributed by atoms with van der Waals surface area (Å²) < 4.78 is 2.15. The van der Waals surface area contributed by atoms with Crippen molar-refractivity contribution in [3.05, 3.63) is 30.1 Å². The lowest BCUT2D eigenvalue weighted by Crippen LogP contribution is -2.26. The van der Waals surface area contributed by atoms with Gasteiger partial charge in [0.2, 0.25) is 0 Å². The molecule has 2 heterocycles. The fourth-order valence-corrected chi connectivity index (χ4v) is 2.47. The average Bonchev–Trinajstić information content (AvgIpc) is 2.67. The first-order chi connectivity index (χ1) is 8.99. The topological polar surface area (TPSA) is 46.6 Å². The monoisotopic (exact) mass is 260 g/mol. The molecule has 2 rings (SSSR count). The van der Waals surface area contributed by atoms with Gasteiger partial charge in [-0.05, 0) is 25.0 Å². The predicted octanol–water partition coefficient (Wildman–Crippen LogP) is 2.32. The van der Waals surface area contributed by atoms with Crippen LogP contribution in [0.25, 0.3) is 5.65 Å². The number of anilines is 1. The number of aromatic nitrogens is 2. The van der Waals surface area contributed by atoms with Crippen LogP contribution in [0.2, 0.25) is 0 Å². The van der Waals surface area contributed by atoms with Gasteiger partial charge < -0.3 is 15.0 Å². The van der Waals surface area contributed by atoms with Crippen LogP contribution in [0, 0.1) is 5.92 Å². The molecule has 4 nitrogen and oxygen atoms in total. The molecule has 0 amide bonds. The highest BCUT2D eigenvalue weighted by Crippen LogP contribution is 2.22. The Balaban J connectivity index is 2.46. The van der Waals surface area contributed by atoms with Gasteiger partial charge in [-0.1, -0.05) is 19.9 Å². The number of hydrogen-bond donors (Lipinski definition) is 1. The molecule has 0 spiro atoms. The zero-order chi connectivity index (χ0) is 14.0. The summed E-state index contributed by atoms with van der Waals surface area (Å²) in [6, 6.07) is 6.22. The molecular weight excluding hydrogens is 236 g/mol. The number of nitrogens with two attached hydrogens (primary N) is 1. The van der Waals surface area contributed by atoms with Gasteiger partial charge in [-0.3, -0.25) is 0 Å². The minimum atomic E-state index is 0.131. The van der Waals surface area contributed by atoms with Gasteiger partial charge in [-0.15, -0.1) is 0 Å². The van der Waals surface area contributed by atoms with Crippen LogP contribution in [0.3, 0.4) is 0 Å². The van der Waals surface area contributed by atoms with Crippen molar-refractivity contribution in [2.75, 3.05) is 18.5 Å². The van der Waals surface area contributed by atoms with Crippen molar-refractivity contribution in [3.8, 4) is 0 Å². The zero-order valence-electron chi connectivity index (χ0n) is 12.3. The Kier molecular flexibility index (Phi) is 4.10. The number of hydrogen-bond acceptors (Lipinski definition) is 3. The molecule has 0 saturated heterocycles. The minimum absolute atomic E-state index is 0.131. The van der Waals surface area contributed by atoms with Crippen LogP contribution in [-0.2, 0) is 6.42 Å². The SMILES string of the molecule is CC(C)CN(C)c1nc2ccccn2c1CC(C)N. The molecule has 0 fully saturated rings. The number of rotatable bonds is 5. The molecule has 0 aromatic carbocycles. The summed E-state index contributed by atoms with van der Waals surface area (Å²) in [5, 5.41) is 0. The Morgan fingerprint density at radius 2 is 2.05 bits per heavy atom. The molecule has 0 aliphatic heterocycles. The first-order valence-electron chi connectivity index (χ1n) is 6.91. The maximum absolute atomic E-state index is 5.99. The Morgan fingerprint density at radius 1 is 1.32 bits per heavy atom. The summed E-state index contributed by atoms with van der Waals surface area (Å²) in [5.74, 6) is 1.66. The maximum Gasteiger partial charge on any atom is 0.150 e. The molecule has 2 aromatic rings. The molecule has 0 aliphatic carbocycles. The van der Waals surface area contributed by atoms with Gasteiger partial charge >= 0.3 is 0 Å². The molecule has 4 heteroatoms. The first-order valence-corrected chi connectivity index (χ1v) is 6.91. The molecule has 2 N–H and O–H groups in total. The molecule has 1 unspecified atom stereocenters. The van der Waals surface area contributed by atoms with Crippen molar-refractivity contribution in [1.29, 1.82) is 0 Å². The minimum Gasteiger partial charge on any atom is -0.358 e. The van der Waals surface area contributed by atoms with Crippen LogP contribution in [0.1, 0.15) is 26.5 Å². The van der Waals surface area contributed by atoms with Crippen molar-refractivity contribution >= 4 is 11.5 Å². The fraction of sp³-hybridized carbons (Fsp3) is 0.533. The summed E-state index contributed by atoms with van der Waals surface area (Å²) in [6.45, 7) is 7.47. The van der Waals surface area contributed by atoms with E-state index in [0.29, 0.717) is 5.92 Å². The van der Waals surface area contributed by atoms with Crippen molar-refractivity contribution in [2.24, 2.45) is 11.7 Å². The Morgan fingerprint density at radius 3 is 2.68 bits per heavy atom. The van der Waals surface area contributed by atoms with Gasteiger partial charge in [0.15, 0.2) is 5.82 Å². The summed E-state index contributed by atoms with van der Waals surface area (Å²) in [5.41, 5.74) is 8.18. The number of imidazole rings is 1. The predicted molar refractivity (Wildman–Crippen MR) is 80.7 cm³/mol. The second-order valence-electron chi connectivity index (χ2n) is 5.77. The van der Waals surface area contributed by atoms with E-state index in [1.54, 1.807) is 0 Å². The van der Waals surface area contributed by atoms with E-state index in [9.17, 15) is 0 Å². The second-order valence-corrected chi connectivity index (χ2v) is 5.77. The summed E-state index contributed by atoms with van der Waals surface area (Å²) >= 11 is 0. The third-order valence-electron chi connectivity index (χ3n) is 3.12. The fourth-order valence-electron chi connectivity index (χ4n) is 2.47. The van der Waals surface area contributed by atoms with Gasteiger partial charge in [0.1, 0.15) is 5.65 Å². The summed E-state index contributed by atoms with van der Waals surface area (Å²) in [7, 11) is 2.10. The van der Waals surface area contributed by atoms with Gasteiger partial charge in [-0.2, -0.15) is 0 Å². The van der Waals surface area contributed by atoms with E-state index >= 15 is 0 Å². The number of pyridine rings is 1.